The van der Waals surface area contributed by atoms with Gasteiger partial charge in [0.05, 0.1) is 11.8 Å². The van der Waals surface area contributed by atoms with Gasteiger partial charge in [-0.15, -0.1) is 0 Å². The molecule has 1 aliphatic rings. The van der Waals surface area contributed by atoms with Crippen LogP contribution in [0.1, 0.15) is 20.3 Å². The summed E-state index contributed by atoms with van der Waals surface area (Å²) in [5, 5.41) is 12.8. The smallest absolute Gasteiger partial charge is 0.331 e. The molecule has 80 valence electrons. The standard InChI is InChI=1S/C10H13N3O2/c1-8(12-15-9(2)14)10(7-11)5-4-6-13(10)3/h4,6H,5H2,1-3H3/b12-8+. The fourth-order valence-electron chi connectivity index (χ4n) is 1.47. The molecule has 1 aliphatic heterocycles. The van der Waals surface area contributed by atoms with Crippen molar-refractivity contribution in [2.75, 3.05) is 7.05 Å². The minimum atomic E-state index is -0.810. The van der Waals surface area contributed by atoms with E-state index in [2.05, 4.69) is 16.1 Å². The maximum Gasteiger partial charge on any atom is 0.331 e. The van der Waals surface area contributed by atoms with Crippen LogP contribution in [0.15, 0.2) is 17.4 Å². The lowest BCUT2D eigenvalue weighted by Gasteiger charge is -2.29. The van der Waals surface area contributed by atoms with Gasteiger partial charge in [-0.2, -0.15) is 5.26 Å². The summed E-state index contributed by atoms with van der Waals surface area (Å²) in [6.45, 7) is 2.95. The number of nitriles is 1. The van der Waals surface area contributed by atoms with Crippen LogP contribution in [0.3, 0.4) is 0 Å². The Hall–Kier alpha value is -1.83. The monoisotopic (exact) mass is 207 g/mol. The van der Waals surface area contributed by atoms with Crippen molar-refractivity contribution in [2.45, 2.75) is 25.8 Å². The molecule has 0 saturated heterocycles. The summed E-state index contributed by atoms with van der Waals surface area (Å²) in [6.07, 6.45) is 4.25. The number of rotatable bonds is 2. The summed E-state index contributed by atoms with van der Waals surface area (Å²) in [5.41, 5.74) is -0.331. The zero-order valence-electron chi connectivity index (χ0n) is 9.02. The zero-order chi connectivity index (χ0) is 11.5. The third kappa shape index (κ3) is 1.99. The van der Waals surface area contributed by atoms with E-state index in [0.717, 1.165) is 0 Å². The van der Waals surface area contributed by atoms with Crippen molar-refractivity contribution in [3.05, 3.63) is 12.3 Å². The molecule has 5 heteroatoms. The van der Waals surface area contributed by atoms with Crippen LogP contribution >= 0.6 is 0 Å². The highest BCUT2D eigenvalue weighted by Crippen LogP contribution is 2.26. The molecule has 0 amide bonds. The molecule has 0 aromatic rings. The van der Waals surface area contributed by atoms with Crippen molar-refractivity contribution in [3.8, 4) is 6.07 Å². The average molecular weight is 207 g/mol. The summed E-state index contributed by atoms with van der Waals surface area (Å²) in [7, 11) is 1.79. The highest BCUT2D eigenvalue weighted by Gasteiger charge is 2.39. The first-order valence-corrected chi connectivity index (χ1v) is 4.56. The Labute approximate surface area is 88.6 Å². The summed E-state index contributed by atoms with van der Waals surface area (Å²) in [5.74, 6) is -0.490. The van der Waals surface area contributed by atoms with Gasteiger partial charge >= 0.3 is 5.97 Å². The van der Waals surface area contributed by atoms with E-state index in [1.807, 2.05) is 12.3 Å². The van der Waals surface area contributed by atoms with Gasteiger partial charge in [-0.25, -0.2) is 4.79 Å². The maximum absolute atomic E-state index is 10.6. The summed E-state index contributed by atoms with van der Waals surface area (Å²) in [6, 6.07) is 2.19. The number of oxime groups is 1. The van der Waals surface area contributed by atoms with Gasteiger partial charge in [-0.1, -0.05) is 11.2 Å². The number of hydrogen-bond acceptors (Lipinski definition) is 5. The molecular weight excluding hydrogens is 194 g/mol. The Balaban J connectivity index is 2.89. The van der Waals surface area contributed by atoms with E-state index in [1.54, 1.807) is 18.9 Å². The average Bonchev–Trinajstić information content (AvgIpc) is 2.57. The maximum atomic E-state index is 10.6. The molecule has 0 aliphatic carbocycles. The molecule has 0 bridgehead atoms. The number of hydrogen-bond donors (Lipinski definition) is 0. The largest absolute Gasteiger partial charge is 0.358 e. The summed E-state index contributed by atoms with van der Waals surface area (Å²) < 4.78 is 0. The van der Waals surface area contributed by atoms with Crippen molar-refractivity contribution >= 4 is 11.7 Å². The SMILES string of the molecule is CC(=O)O/N=C(\C)C1(C#N)CC=CN1C. The lowest BCUT2D eigenvalue weighted by molar-refractivity contribution is -0.141. The first-order valence-electron chi connectivity index (χ1n) is 4.56. The van der Waals surface area contributed by atoms with Gasteiger partial charge in [0.2, 0.25) is 0 Å². The van der Waals surface area contributed by atoms with Crippen molar-refractivity contribution in [3.63, 3.8) is 0 Å². The lowest BCUT2D eigenvalue weighted by Crippen LogP contribution is -2.45. The molecule has 1 heterocycles. The van der Waals surface area contributed by atoms with Gasteiger partial charge in [0, 0.05) is 20.4 Å². The first kappa shape index (κ1) is 11.2. The van der Waals surface area contributed by atoms with E-state index in [4.69, 9.17) is 5.26 Å². The normalized spacial score (nSPS) is 25.2. The van der Waals surface area contributed by atoms with Gasteiger partial charge in [-0.05, 0) is 13.1 Å². The van der Waals surface area contributed by atoms with Crippen molar-refractivity contribution in [1.29, 1.82) is 5.26 Å². The van der Waals surface area contributed by atoms with Gasteiger partial charge in [0.15, 0.2) is 5.54 Å². The Kier molecular flexibility index (Phi) is 3.10. The first-order chi connectivity index (χ1) is 7.03. The van der Waals surface area contributed by atoms with Crippen LogP contribution in [0, 0.1) is 11.3 Å². The molecule has 1 atom stereocenters. The Bertz CT molecular complexity index is 367. The molecule has 0 aromatic carbocycles. The number of carbonyl (C=O) groups excluding carboxylic acids is 1. The Morgan fingerprint density at radius 2 is 2.33 bits per heavy atom. The quantitative estimate of drug-likeness (QED) is 0.385. The zero-order valence-corrected chi connectivity index (χ0v) is 9.02. The lowest BCUT2D eigenvalue weighted by atomic mass is 9.93. The van der Waals surface area contributed by atoms with Crippen molar-refractivity contribution in [2.24, 2.45) is 5.16 Å². The number of carbonyl (C=O) groups is 1. The van der Waals surface area contributed by atoms with Crippen LogP contribution in [0.4, 0.5) is 0 Å². The third-order valence-corrected chi connectivity index (χ3v) is 2.44. The van der Waals surface area contributed by atoms with Gasteiger partial charge in [-0.3, -0.25) is 0 Å². The second kappa shape index (κ2) is 4.13. The second-order valence-corrected chi connectivity index (χ2v) is 3.43. The van der Waals surface area contributed by atoms with Crippen molar-refractivity contribution < 1.29 is 9.63 Å². The molecule has 0 spiro atoms. The van der Waals surface area contributed by atoms with Crippen LogP contribution in [0.25, 0.3) is 0 Å². The third-order valence-electron chi connectivity index (χ3n) is 2.44. The molecule has 1 unspecified atom stereocenters. The molecule has 0 saturated carbocycles. The van der Waals surface area contributed by atoms with Gasteiger partial charge < -0.3 is 9.74 Å². The van der Waals surface area contributed by atoms with Gasteiger partial charge in [0.25, 0.3) is 0 Å². The van der Waals surface area contributed by atoms with E-state index in [9.17, 15) is 4.79 Å². The van der Waals surface area contributed by atoms with E-state index >= 15 is 0 Å². The predicted molar refractivity (Wildman–Crippen MR) is 54.7 cm³/mol. The van der Waals surface area contributed by atoms with E-state index in [0.29, 0.717) is 12.1 Å². The Morgan fingerprint density at radius 3 is 2.73 bits per heavy atom. The minimum absolute atomic E-state index is 0.479. The molecule has 1 rings (SSSR count). The summed E-state index contributed by atoms with van der Waals surface area (Å²) in [4.78, 5) is 16.9. The van der Waals surface area contributed by atoms with Crippen LogP contribution in [-0.2, 0) is 9.63 Å². The van der Waals surface area contributed by atoms with E-state index in [1.165, 1.54) is 6.92 Å². The molecule has 0 aromatic heterocycles. The molecule has 5 nitrogen and oxygen atoms in total. The summed E-state index contributed by atoms with van der Waals surface area (Å²) >= 11 is 0. The van der Waals surface area contributed by atoms with E-state index < -0.39 is 11.5 Å². The van der Waals surface area contributed by atoms with Crippen LogP contribution in [-0.4, -0.2) is 29.2 Å². The minimum Gasteiger partial charge on any atom is -0.358 e. The van der Waals surface area contributed by atoms with Crippen LogP contribution in [0.2, 0.25) is 0 Å². The number of nitrogens with zero attached hydrogens (tertiary/aromatic N) is 3. The van der Waals surface area contributed by atoms with Crippen molar-refractivity contribution in [1.82, 2.24) is 4.90 Å². The van der Waals surface area contributed by atoms with Gasteiger partial charge in [0.1, 0.15) is 0 Å². The second-order valence-electron chi connectivity index (χ2n) is 3.43. The highest BCUT2D eigenvalue weighted by molar-refractivity contribution is 5.95. The van der Waals surface area contributed by atoms with Crippen LogP contribution < -0.4 is 0 Å². The topological polar surface area (TPSA) is 65.7 Å². The Morgan fingerprint density at radius 1 is 1.67 bits per heavy atom. The van der Waals surface area contributed by atoms with Crippen LogP contribution in [0.5, 0.6) is 0 Å². The highest BCUT2D eigenvalue weighted by atomic mass is 16.7. The fraction of sp³-hybridized carbons (Fsp3) is 0.500. The molecular formula is C10H13N3O2. The molecule has 0 radical (unpaired) electrons. The fourth-order valence-corrected chi connectivity index (χ4v) is 1.47. The molecule has 0 fully saturated rings. The van der Waals surface area contributed by atoms with E-state index in [-0.39, 0.29) is 0 Å². The molecule has 15 heavy (non-hydrogen) atoms. The molecule has 0 N–H and O–H groups in total. The predicted octanol–water partition coefficient (Wildman–Crippen LogP) is 1.04.